The predicted molar refractivity (Wildman–Crippen MR) is 325 cm³/mol. The number of hydrogen-bond acceptors (Lipinski definition) is 3. The largest absolute Gasteiger partial charge is 0.456 e. The number of rotatable bonds is 6. The average molecular weight is 1000 g/mol. The highest BCUT2D eigenvalue weighted by Gasteiger charge is 2.44. The molecule has 2 heterocycles. The van der Waals surface area contributed by atoms with Crippen molar-refractivity contribution < 1.29 is 8.83 Å². The first-order chi connectivity index (χ1) is 37.9. The molecule has 2 aromatic heterocycles. The van der Waals surface area contributed by atoms with Crippen molar-refractivity contribution in [3.63, 3.8) is 0 Å². The topological polar surface area (TPSA) is 29.5 Å². The zero-order chi connectivity index (χ0) is 52.4. The van der Waals surface area contributed by atoms with Gasteiger partial charge in [-0.2, -0.15) is 0 Å². The first kappa shape index (κ1) is 45.1. The second-order valence-electron chi connectivity index (χ2n) is 23.5. The van der Waals surface area contributed by atoms with Crippen molar-refractivity contribution in [1.29, 1.82) is 0 Å². The van der Waals surface area contributed by atoms with Gasteiger partial charge >= 0.3 is 0 Å². The van der Waals surface area contributed by atoms with E-state index in [1.165, 1.54) is 105 Å². The Hall–Kier alpha value is -9.18. The first-order valence-electron chi connectivity index (χ1n) is 27.5. The lowest BCUT2D eigenvalue weighted by Gasteiger charge is -2.31. The van der Waals surface area contributed by atoms with E-state index in [1.807, 2.05) is 0 Å². The van der Waals surface area contributed by atoms with Gasteiger partial charge in [-0.3, -0.25) is 0 Å². The summed E-state index contributed by atoms with van der Waals surface area (Å²) in [5, 5.41) is 4.71. The second-order valence-corrected chi connectivity index (χ2v) is 23.5. The quantitative estimate of drug-likeness (QED) is 0.166. The normalized spacial score (nSPS) is 14.8. The monoisotopic (exact) mass is 1000 g/mol. The van der Waals surface area contributed by atoms with E-state index in [2.05, 4.69) is 271 Å². The highest BCUT2D eigenvalue weighted by atomic mass is 16.3. The van der Waals surface area contributed by atoms with E-state index in [-0.39, 0.29) is 16.2 Å². The molecule has 16 rings (SSSR count). The summed E-state index contributed by atoms with van der Waals surface area (Å²) in [6, 6.07) is 82.9. The molecule has 13 aromatic rings. The molecule has 0 unspecified atom stereocenters. The number of fused-ring (bicyclic) bond motifs is 17. The zero-order valence-corrected chi connectivity index (χ0v) is 44.6. The van der Waals surface area contributed by atoms with E-state index in [0.29, 0.717) is 0 Å². The SMILES string of the molecule is CC1(C)c2cc(N(c3ccc4c(c3)C(C)(C)c3cc(-c5ccc(-c6ccccc6)cc5)c5oc6ccccc6c5c3-4)c3ccccc3-c3ccccc3)ccc2-c2cc3c(cc21)-c1c(ccc2oc4ccccc4c12)C3(C)C. The number of nitrogens with zero attached hydrogens (tertiary/aromatic N) is 1. The van der Waals surface area contributed by atoms with Crippen LogP contribution in [0.5, 0.6) is 0 Å². The Labute approximate surface area is 454 Å². The summed E-state index contributed by atoms with van der Waals surface area (Å²) < 4.78 is 13.4. The maximum absolute atomic E-state index is 6.94. The van der Waals surface area contributed by atoms with Crippen LogP contribution in [0.2, 0.25) is 0 Å². The van der Waals surface area contributed by atoms with Crippen molar-refractivity contribution in [1.82, 2.24) is 0 Å². The zero-order valence-electron chi connectivity index (χ0n) is 44.6. The van der Waals surface area contributed by atoms with Crippen LogP contribution < -0.4 is 4.90 Å². The minimum Gasteiger partial charge on any atom is -0.456 e. The third kappa shape index (κ3) is 6.16. The fourth-order valence-corrected chi connectivity index (χ4v) is 14.3. The third-order valence-electron chi connectivity index (χ3n) is 18.3. The predicted octanol–water partition coefficient (Wildman–Crippen LogP) is 20.9. The Balaban J connectivity index is 0.867. The average Bonchev–Trinajstić information content (AvgIpc) is 3.33. The van der Waals surface area contributed by atoms with Gasteiger partial charge in [0.05, 0.1) is 5.69 Å². The summed E-state index contributed by atoms with van der Waals surface area (Å²) in [6.45, 7) is 14.5. The van der Waals surface area contributed by atoms with Crippen LogP contribution in [0.15, 0.2) is 233 Å². The van der Waals surface area contributed by atoms with Crippen LogP contribution >= 0.6 is 0 Å². The van der Waals surface area contributed by atoms with Gasteiger partial charge in [-0.1, -0.05) is 199 Å². The summed E-state index contributed by atoms with van der Waals surface area (Å²) in [4.78, 5) is 2.52. The van der Waals surface area contributed by atoms with Crippen molar-refractivity contribution in [3.05, 3.63) is 258 Å². The van der Waals surface area contributed by atoms with E-state index in [9.17, 15) is 0 Å². The molecular weight excluding hydrogens is 947 g/mol. The summed E-state index contributed by atoms with van der Waals surface area (Å²) in [7, 11) is 0. The minimum atomic E-state index is -0.348. The molecule has 0 fully saturated rings. The van der Waals surface area contributed by atoms with E-state index >= 15 is 0 Å². The van der Waals surface area contributed by atoms with Gasteiger partial charge in [0.1, 0.15) is 22.3 Å². The summed E-state index contributed by atoms with van der Waals surface area (Å²) in [5.74, 6) is 0. The summed E-state index contributed by atoms with van der Waals surface area (Å²) >= 11 is 0. The molecular formula is C75H55NO2. The van der Waals surface area contributed by atoms with Crippen LogP contribution in [0, 0.1) is 0 Å². The van der Waals surface area contributed by atoms with Crippen molar-refractivity contribution in [2.75, 3.05) is 4.90 Å². The molecule has 3 aliphatic carbocycles. The van der Waals surface area contributed by atoms with Gasteiger partial charge in [0.25, 0.3) is 0 Å². The lowest BCUT2D eigenvalue weighted by molar-refractivity contribution is 0.651. The number of furan rings is 2. The molecule has 0 saturated carbocycles. The lowest BCUT2D eigenvalue weighted by atomic mass is 9.79. The van der Waals surface area contributed by atoms with Crippen LogP contribution in [-0.2, 0) is 16.2 Å². The molecule has 0 bridgehead atoms. The van der Waals surface area contributed by atoms with Crippen LogP contribution in [0.4, 0.5) is 17.1 Å². The van der Waals surface area contributed by atoms with Crippen LogP contribution in [0.1, 0.15) is 74.9 Å². The molecule has 3 aliphatic rings. The van der Waals surface area contributed by atoms with Crippen LogP contribution in [0.3, 0.4) is 0 Å². The highest BCUT2D eigenvalue weighted by Crippen LogP contribution is 2.60. The van der Waals surface area contributed by atoms with Crippen molar-refractivity contribution in [2.45, 2.75) is 57.8 Å². The van der Waals surface area contributed by atoms with Crippen LogP contribution in [0.25, 0.3) is 111 Å². The van der Waals surface area contributed by atoms with Gasteiger partial charge in [-0.15, -0.1) is 0 Å². The molecule has 0 saturated heterocycles. The molecule has 3 nitrogen and oxygen atoms in total. The molecule has 3 heteroatoms. The first-order valence-corrected chi connectivity index (χ1v) is 27.5. The molecule has 0 amide bonds. The summed E-state index contributed by atoms with van der Waals surface area (Å²) in [5.41, 5.74) is 29.1. The number of hydrogen-bond donors (Lipinski definition) is 0. The fourth-order valence-electron chi connectivity index (χ4n) is 14.3. The van der Waals surface area contributed by atoms with E-state index in [4.69, 9.17) is 8.83 Å². The number of anilines is 3. The van der Waals surface area contributed by atoms with Gasteiger partial charge in [-0.05, 0) is 156 Å². The Morgan fingerprint density at radius 1 is 0.295 bits per heavy atom. The molecule has 78 heavy (non-hydrogen) atoms. The van der Waals surface area contributed by atoms with Crippen molar-refractivity contribution >= 4 is 60.9 Å². The van der Waals surface area contributed by atoms with Gasteiger partial charge in [0, 0.05) is 60.3 Å². The molecule has 372 valence electrons. The Morgan fingerprint density at radius 2 is 0.782 bits per heavy atom. The number of benzene rings is 11. The Morgan fingerprint density at radius 3 is 1.51 bits per heavy atom. The smallest absolute Gasteiger partial charge is 0.143 e. The Kier molecular flexibility index (Phi) is 9.21. The Bertz CT molecular complexity index is 4680. The minimum absolute atomic E-state index is 0.190. The molecule has 11 aromatic carbocycles. The van der Waals surface area contributed by atoms with Gasteiger partial charge < -0.3 is 13.7 Å². The van der Waals surface area contributed by atoms with Gasteiger partial charge in [0.15, 0.2) is 0 Å². The van der Waals surface area contributed by atoms with E-state index < -0.39 is 0 Å². The van der Waals surface area contributed by atoms with Crippen molar-refractivity contribution in [3.8, 4) is 66.8 Å². The van der Waals surface area contributed by atoms with Gasteiger partial charge in [0.2, 0.25) is 0 Å². The fraction of sp³-hybridized carbons (Fsp3) is 0.120. The number of para-hydroxylation sites is 3. The van der Waals surface area contributed by atoms with E-state index in [1.54, 1.807) is 0 Å². The second kappa shape index (κ2) is 15.9. The highest BCUT2D eigenvalue weighted by molar-refractivity contribution is 6.19. The molecule has 0 radical (unpaired) electrons. The van der Waals surface area contributed by atoms with E-state index in [0.717, 1.165) is 55.9 Å². The van der Waals surface area contributed by atoms with Gasteiger partial charge in [-0.25, -0.2) is 0 Å². The maximum atomic E-state index is 6.94. The van der Waals surface area contributed by atoms with Crippen LogP contribution in [-0.4, -0.2) is 0 Å². The molecule has 0 aliphatic heterocycles. The lowest BCUT2D eigenvalue weighted by Crippen LogP contribution is -2.18. The molecule has 0 N–H and O–H groups in total. The molecule has 0 spiro atoms. The maximum Gasteiger partial charge on any atom is 0.143 e. The van der Waals surface area contributed by atoms with Crippen molar-refractivity contribution in [2.24, 2.45) is 0 Å². The standard InChI is InChI=1S/C75H55NO2/c1-73(2)58-37-38-67-70(53-24-14-17-27-65(53)77-67)69(58)57-43-61-56(42-62(57)73)51-35-33-48(39-59(51)74(61,3)4)76(64-26-16-13-23-50(64)46-21-11-8-12-22-46)49-34-36-52-60(40-49)75(5,6)63-41-55(47-31-29-45(30-32-47)44-19-9-7-10-20-44)72-71(68(52)63)54-25-15-18-28-66(54)78-72/h7-43H,1-6H3. The third-order valence-corrected chi connectivity index (χ3v) is 18.3. The molecule has 0 atom stereocenters. The summed E-state index contributed by atoms with van der Waals surface area (Å²) in [6.07, 6.45) is 0.